The fourth-order valence-electron chi connectivity index (χ4n) is 2.24. The minimum atomic E-state index is -0.445. The number of aryl methyl sites for hydroxylation is 1. The van der Waals surface area contributed by atoms with Gasteiger partial charge in [0.15, 0.2) is 5.82 Å². The molecule has 3 rings (SSSR count). The van der Waals surface area contributed by atoms with Crippen LogP contribution in [-0.4, -0.2) is 21.2 Å². The van der Waals surface area contributed by atoms with E-state index in [1.54, 1.807) is 26.0 Å². The van der Waals surface area contributed by atoms with Crippen LogP contribution in [0.25, 0.3) is 10.8 Å². The minimum absolute atomic E-state index is 0.0647. The number of aromatic nitrogens is 2. The molecule has 2 aromatic carbocycles. The number of phenolic OH excluding ortho intramolecular Hbond substituents is 1. The summed E-state index contributed by atoms with van der Waals surface area (Å²) in [7, 11) is 0. The van der Waals surface area contributed by atoms with Gasteiger partial charge in [-0.15, -0.1) is 0 Å². The van der Waals surface area contributed by atoms with Gasteiger partial charge in [-0.25, -0.2) is 0 Å². The molecule has 0 aliphatic heterocycles. The molecule has 0 bridgehead atoms. The second-order valence-corrected chi connectivity index (χ2v) is 5.09. The van der Waals surface area contributed by atoms with Crippen molar-refractivity contribution >= 4 is 16.7 Å². The normalized spacial score (nSPS) is 12.3. The summed E-state index contributed by atoms with van der Waals surface area (Å²) in [4.78, 5) is 16.4. The van der Waals surface area contributed by atoms with Crippen molar-refractivity contribution in [1.29, 1.82) is 0 Å². The van der Waals surface area contributed by atoms with Gasteiger partial charge in [0.05, 0.1) is 5.56 Å². The fraction of sp³-hybridized carbons (Fsp3) is 0.188. The van der Waals surface area contributed by atoms with E-state index >= 15 is 0 Å². The van der Waals surface area contributed by atoms with E-state index in [1.807, 2.05) is 24.3 Å². The first-order valence-electron chi connectivity index (χ1n) is 6.87. The lowest BCUT2D eigenvalue weighted by molar-refractivity contribution is 0.0930. The molecule has 0 aliphatic carbocycles. The number of amides is 1. The molecule has 0 aliphatic rings. The molecule has 1 atom stereocenters. The Labute approximate surface area is 126 Å². The van der Waals surface area contributed by atoms with Gasteiger partial charge in [0, 0.05) is 0 Å². The molecule has 0 saturated carbocycles. The number of phenols is 1. The first-order chi connectivity index (χ1) is 10.5. The topological polar surface area (TPSA) is 88.2 Å². The van der Waals surface area contributed by atoms with Crippen molar-refractivity contribution in [1.82, 2.24) is 15.5 Å². The van der Waals surface area contributed by atoms with Gasteiger partial charge in [0.25, 0.3) is 5.91 Å². The van der Waals surface area contributed by atoms with Crippen molar-refractivity contribution in [2.75, 3.05) is 0 Å². The van der Waals surface area contributed by atoms with E-state index in [9.17, 15) is 9.90 Å². The Hall–Kier alpha value is -2.89. The highest BCUT2D eigenvalue weighted by Crippen LogP contribution is 2.25. The molecule has 0 saturated heterocycles. The van der Waals surface area contributed by atoms with E-state index < -0.39 is 11.9 Å². The van der Waals surface area contributed by atoms with Crippen LogP contribution in [0.5, 0.6) is 5.75 Å². The Morgan fingerprint density at radius 1 is 1.27 bits per heavy atom. The van der Waals surface area contributed by atoms with E-state index in [4.69, 9.17) is 4.52 Å². The van der Waals surface area contributed by atoms with Crippen molar-refractivity contribution in [3.8, 4) is 5.75 Å². The highest BCUT2D eigenvalue weighted by molar-refractivity contribution is 6.01. The molecule has 1 aromatic heterocycles. The lowest BCUT2D eigenvalue weighted by Gasteiger charge is -2.11. The lowest BCUT2D eigenvalue weighted by atomic mass is 10.1. The van der Waals surface area contributed by atoms with E-state index in [0.717, 1.165) is 10.8 Å². The van der Waals surface area contributed by atoms with E-state index in [2.05, 4.69) is 15.5 Å². The number of fused-ring (bicyclic) bond motifs is 1. The largest absolute Gasteiger partial charge is 0.507 e. The Balaban J connectivity index is 1.87. The lowest BCUT2D eigenvalue weighted by Crippen LogP contribution is -2.27. The Bertz CT molecular complexity index is 842. The van der Waals surface area contributed by atoms with Crippen LogP contribution in [0.1, 0.15) is 35.0 Å². The second-order valence-electron chi connectivity index (χ2n) is 5.09. The van der Waals surface area contributed by atoms with E-state index in [-0.39, 0.29) is 11.3 Å². The van der Waals surface area contributed by atoms with Crippen LogP contribution in [0.2, 0.25) is 0 Å². The summed E-state index contributed by atoms with van der Waals surface area (Å²) in [6, 6.07) is 10.3. The second kappa shape index (κ2) is 5.48. The first-order valence-corrected chi connectivity index (χ1v) is 6.87. The van der Waals surface area contributed by atoms with Crippen molar-refractivity contribution < 1.29 is 14.4 Å². The predicted molar refractivity (Wildman–Crippen MR) is 80.5 cm³/mol. The average molecular weight is 297 g/mol. The van der Waals surface area contributed by atoms with Crippen LogP contribution in [0, 0.1) is 6.92 Å². The zero-order chi connectivity index (χ0) is 15.7. The third-order valence-electron chi connectivity index (χ3n) is 3.37. The zero-order valence-corrected chi connectivity index (χ0v) is 12.2. The van der Waals surface area contributed by atoms with Gasteiger partial charge < -0.3 is 14.9 Å². The van der Waals surface area contributed by atoms with Crippen LogP contribution < -0.4 is 5.32 Å². The molecule has 6 heteroatoms. The third-order valence-corrected chi connectivity index (χ3v) is 3.37. The summed E-state index contributed by atoms with van der Waals surface area (Å²) in [5, 5.41) is 18.2. The number of hydrogen-bond acceptors (Lipinski definition) is 5. The number of nitrogens with one attached hydrogen (secondary N) is 1. The molecule has 2 N–H and O–H groups in total. The summed E-state index contributed by atoms with van der Waals surface area (Å²) in [5.41, 5.74) is 0.210. The summed E-state index contributed by atoms with van der Waals surface area (Å²) in [5.74, 6) is 0.368. The van der Waals surface area contributed by atoms with Gasteiger partial charge in [-0.3, -0.25) is 4.79 Å². The van der Waals surface area contributed by atoms with E-state index in [1.165, 1.54) is 0 Å². The van der Waals surface area contributed by atoms with Crippen molar-refractivity contribution in [2.45, 2.75) is 19.9 Å². The van der Waals surface area contributed by atoms with Crippen molar-refractivity contribution in [3.05, 3.63) is 53.7 Å². The maximum absolute atomic E-state index is 12.3. The SMILES string of the molecule is Cc1noc([C@@H](C)NC(=O)c2cc3ccccc3cc2O)n1. The first kappa shape index (κ1) is 14.1. The summed E-state index contributed by atoms with van der Waals surface area (Å²) < 4.78 is 5.02. The van der Waals surface area contributed by atoms with Gasteiger partial charge in [0.1, 0.15) is 11.8 Å². The van der Waals surface area contributed by atoms with Crippen LogP contribution >= 0.6 is 0 Å². The molecule has 6 nitrogen and oxygen atoms in total. The number of benzene rings is 2. The number of aromatic hydroxyl groups is 1. The van der Waals surface area contributed by atoms with Gasteiger partial charge in [0.2, 0.25) is 5.89 Å². The summed E-state index contributed by atoms with van der Waals surface area (Å²) in [6.07, 6.45) is 0. The molecule has 0 unspecified atom stereocenters. The molecule has 1 amide bonds. The molecule has 0 spiro atoms. The molecular weight excluding hydrogens is 282 g/mol. The van der Waals surface area contributed by atoms with Crippen LogP contribution in [-0.2, 0) is 0 Å². The number of hydrogen-bond donors (Lipinski definition) is 2. The highest BCUT2D eigenvalue weighted by Gasteiger charge is 2.19. The van der Waals surface area contributed by atoms with Crippen molar-refractivity contribution in [2.24, 2.45) is 0 Å². The molecular formula is C16H15N3O3. The molecule has 0 fully saturated rings. The average Bonchev–Trinajstić information content (AvgIpc) is 2.93. The monoisotopic (exact) mass is 297 g/mol. The highest BCUT2D eigenvalue weighted by atomic mass is 16.5. The standard InChI is InChI=1S/C16H15N3O3/c1-9(16-18-10(2)19-22-16)17-15(21)13-7-11-5-3-4-6-12(11)8-14(13)20/h3-9,20H,1-2H3,(H,17,21)/t9-/m1/s1. The predicted octanol–water partition coefficient (Wildman–Crippen LogP) is 2.73. The minimum Gasteiger partial charge on any atom is -0.507 e. The van der Waals surface area contributed by atoms with Gasteiger partial charge in [-0.05, 0) is 36.8 Å². The Kier molecular flexibility index (Phi) is 3.50. The Morgan fingerprint density at radius 2 is 1.95 bits per heavy atom. The molecule has 3 aromatic rings. The van der Waals surface area contributed by atoms with Gasteiger partial charge in [-0.1, -0.05) is 29.4 Å². The van der Waals surface area contributed by atoms with Crippen LogP contribution in [0.4, 0.5) is 0 Å². The third kappa shape index (κ3) is 2.63. The quantitative estimate of drug-likeness (QED) is 0.776. The molecule has 1 heterocycles. The maximum Gasteiger partial charge on any atom is 0.255 e. The maximum atomic E-state index is 12.3. The molecule has 112 valence electrons. The molecule has 22 heavy (non-hydrogen) atoms. The van der Waals surface area contributed by atoms with Crippen molar-refractivity contribution in [3.63, 3.8) is 0 Å². The van der Waals surface area contributed by atoms with Gasteiger partial charge in [-0.2, -0.15) is 4.98 Å². The number of rotatable bonds is 3. The Morgan fingerprint density at radius 3 is 2.59 bits per heavy atom. The molecule has 0 radical (unpaired) electrons. The number of carbonyl (C=O) groups excluding carboxylic acids is 1. The summed E-state index contributed by atoms with van der Waals surface area (Å²) >= 11 is 0. The van der Waals surface area contributed by atoms with Crippen LogP contribution in [0.15, 0.2) is 40.9 Å². The summed E-state index contributed by atoms with van der Waals surface area (Å²) in [6.45, 7) is 3.44. The fourth-order valence-corrected chi connectivity index (χ4v) is 2.24. The zero-order valence-electron chi connectivity index (χ0n) is 12.2. The number of carbonyl (C=O) groups is 1. The number of nitrogens with zero attached hydrogens (tertiary/aromatic N) is 2. The smallest absolute Gasteiger partial charge is 0.255 e. The van der Waals surface area contributed by atoms with Crippen LogP contribution in [0.3, 0.4) is 0 Å². The van der Waals surface area contributed by atoms with Gasteiger partial charge >= 0.3 is 0 Å². The van der Waals surface area contributed by atoms with E-state index in [0.29, 0.717) is 11.7 Å².